The van der Waals surface area contributed by atoms with Gasteiger partial charge in [-0.15, -0.1) is 0 Å². The number of nitrogens with zero attached hydrogens (tertiary/aromatic N) is 2. The number of pyridine rings is 1. The molecular formula is C6H4ClF2N3O4S. The maximum Gasteiger partial charge on any atom is 0.385 e. The van der Waals surface area contributed by atoms with Gasteiger partial charge in [0.2, 0.25) is 4.90 Å². The lowest BCUT2D eigenvalue weighted by Crippen LogP contribution is -2.08. The summed E-state index contributed by atoms with van der Waals surface area (Å²) < 4.78 is 46.9. The van der Waals surface area contributed by atoms with Crippen LogP contribution in [0.4, 0.5) is 20.3 Å². The van der Waals surface area contributed by atoms with E-state index < -0.39 is 42.4 Å². The Bertz CT molecular complexity index is 577. The lowest BCUT2D eigenvalue weighted by Gasteiger charge is -2.06. The minimum Gasteiger partial charge on any atom is -0.397 e. The second-order valence-electron chi connectivity index (χ2n) is 2.78. The van der Waals surface area contributed by atoms with Crippen molar-refractivity contribution in [2.24, 2.45) is 0 Å². The van der Waals surface area contributed by atoms with Crippen molar-refractivity contribution in [1.82, 2.24) is 4.98 Å². The van der Waals surface area contributed by atoms with Gasteiger partial charge in [0, 0.05) is 10.7 Å². The molecule has 0 aromatic carbocycles. The van der Waals surface area contributed by atoms with Gasteiger partial charge in [-0.2, -0.15) is 0 Å². The normalized spacial score (nSPS) is 11.8. The average Bonchev–Trinajstić information content (AvgIpc) is 2.14. The van der Waals surface area contributed by atoms with Gasteiger partial charge in [-0.1, -0.05) is 0 Å². The van der Waals surface area contributed by atoms with Gasteiger partial charge in [0.1, 0.15) is 0 Å². The zero-order chi connectivity index (χ0) is 13.4. The van der Waals surface area contributed by atoms with Crippen LogP contribution in [0.2, 0.25) is 0 Å². The van der Waals surface area contributed by atoms with Crippen molar-refractivity contribution < 1.29 is 22.1 Å². The number of halogens is 3. The Balaban J connectivity index is 3.72. The number of aromatic nitrogens is 1. The highest BCUT2D eigenvalue weighted by atomic mass is 35.7. The molecule has 0 spiro atoms. The van der Waals surface area contributed by atoms with Gasteiger partial charge in [-0.05, 0) is 9.91 Å². The molecule has 11 heteroatoms. The zero-order valence-corrected chi connectivity index (χ0v) is 9.37. The summed E-state index contributed by atoms with van der Waals surface area (Å²) in [7, 11) is 0.237. The summed E-state index contributed by atoms with van der Waals surface area (Å²) in [6, 6.07) is 0. The third-order valence-electron chi connectivity index (χ3n) is 1.74. The van der Waals surface area contributed by atoms with E-state index in [0.29, 0.717) is 6.20 Å². The van der Waals surface area contributed by atoms with Crippen LogP contribution in [0.3, 0.4) is 0 Å². The molecule has 0 saturated carbocycles. The summed E-state index contributed by atoms with van der Waals surface area (Å²) in [5.74, 6) is -1.19. The first-order valence-electron chi connectivity index (χ1n) is 3.81. The largest absolute Gasteiger partial charge is 0.397 e. The molecule has 1 aromatic heterocycles. The van der Waals surface area contributed by atoms with Crippen LogP contribution in [0.25, 0.3) is 0 Å². The molecule has 0 saturated heterocycles. The molecule has 1 aromatic rings. The van der Waals surface area contributed by atoms with Gasteiger partial charge in [-0.25, -0.2) is 17.2 Å². The zero-order valence-electron chi connectivity index (χ0n) is 7.80. The van der Waals surface area contributed by atoms with E-state index in [9.17, 15) is 27.3 Å². The van der Waals surface area contributed by atoms with Crippen molar-refractivity contribution in [3.05, 3.63) is 21.9 Å². The van der Waals surface area contributed by atoms with Crippen LogP contribution in [0, 0.1) is 10.1 Å². The Kier molecular flexibility index (Phi) is 3.48. The molecule has 1 heterocycles. The van der Waals surface area contributed by atoms with Gasteiger partial charge in [0.15, 0.2) is 6.20 Å². The van der Waals surface area contributed by atoms with Crippen molar-refractivity contribution in [2.75, 3.05) is 5.73 Å². The van der Waals surface area contributed by atoms with E-state index >= 15 is 0 Å². The highest BCUT2D eigenvalue weighted by Gasteiger charge is 2.32. The molecule has 0 aliphatic rings. The summed E-state index contributed by atoms with van der Waals surface area (Å²) in [6.07, 6.45) is -2.69. The summed E-state index contributed by atoms with van der Waals surface area (Å²) >= 11 is 0. The number of anilines is 1. The number of nitrogen functional groups attached to an aromatic ring is 1. The Morgan fingerprint density at radius 3 is 2.41 bits per heavy atom. The smallest absolute Gasteiger partial charge is 0.385 e. The molecule has 0 unspecified atom stereocenters. The molecule has 0 fully saturated rings. The third kappa shape index (κ3) is 2.58. The van der Waals surface area contributed by atoms with Gasteiger partial charge < -0.3 is 15.8 Å². The van der Waals surface area contributed by atoms with Crippen molar-refractivity contribution in [3.63, 3.8) is 0 Å². The summed E-state index contributed by atoms with van der Waals surface area (Å²) in [5, 5.41) is 10.5. The molecule has 17 heavy (non-hydrogen) atoms. The Labute approximate surface area is 97.8 Å². The monoisotopic (exact) mass is 287 g/mol. The molecular weight excluding hydrogens is 284 g/mol. The second kappa shape index (κ2) is 4.37. The van der Waals surface area contributed by atoms with Gasteiger partial charge in [0.25, 0.3) is 15.5 Å². The lowest BCUT2D eigenvalue weighted by molar-refractivity contribution is -0.392. The molecule has 0 atom stereocenters. The number of hydrogen-bond donors (Lipinski definition) is 1. The van der Waals surface area contributed by atoms with E-state index in [2.05, 4.69) is 4.98 Å². The van der Waals surface area contributed by atoms with Crippen molar-refractivity contribution in [1.29, 1.82) is 0 Å². The first-order chi connectivity index (χ1) is 7.66. The SMILES string of the molecule is Nc1c(C(F)F)cnc([N+](=O)[O-])c1S(=O)(=O)Cl. The lowest BCUT2D eigenvalue weighted by atomic mass is 10.2. The van der Waals surface area contributed by atoms with Crippen LogP contribution in [0.15, 0.2) is 11.1 Å². The molecule has 0 aliphatic carbocycles. The fraction of sp³-hybridized carbons (Fsp3) is 0.167. The van der Waals surface area contributed by atoms with Crippen molar-refractivity contribution in [3.8, 4) is 0 Å². The molecule has 1 rings (SSSR count). The predicted molar refractivity (Wildman–Crippen MR) is 53.3 cm³/mol. The number of alkyl halides is 2. The molecule has 0 radical (unpaired) electrons. The molecule has 2 N–H and O–H groups in total. The molecule has 0 bridgehead atoms. The molecule has 0 amide bonds. The van der Waals surface area contributed by atoms with Gasteiger partial charge >= 0.3 is 5.82 Å². The van der Waals surface area contributed by atoms with Crippen LogP contribution in [-0.2, 0) is 9.05 Å². The highest BCUT2D eigenvalue weighted by Crippen LogP contribution is 2.36. The Morgan fingerprint density at radius 2 is 2.06 bits per heavy atom. The molecule has 0 aliphatic heterocycles. The Morgan fingerprint density at radius 1 is 1.53 bits per heavy atom. The van der Waals surface area contributed by atoms with Crippen LogP contribution in [0.1, 0.15) is 12.0 Å². The number of hydrogen-bond acceptors (Lipinski definition) is 6. The average molecular weight is 288 g/mol. The first-order valence-corrected chi connectivity index (χ1v) is 6.12. The maximum atomic E-state index is 12.4. The van der Waals surface area contributed by atoms with Crippen LogP contribution >= 0.6 is 10.7 Å². The topological polar surface area (TPSA) is 116 Å². The minimum atomic E-state index is -4.66. The van der Waals surface area contributed by atoms with E-state index in [0.717, 1.165) is 0 Å². The summed E-state index contributed by atoms with van der Waals surface area (Å²) in [6.45, 7) is 0. The summed E-state index contributed by atoms with van der Waals surface area (Å²) in [4.78, 5) is 11.1. The van der Waals surface area contributed by atoms with Crippen LogP contribution < -0.4 is 5.73 Å². The third-order valence-corrected chi connectivity index (χ3v) is 3.09. The minimum absolute atomic E-state index is 0.434. The summed E-state index contributed by atoms with van der Waals surface area (Å²) in [5.41, 5.74) is 3.21. The van der Waals surface area contributed by atoms with E-state index in [1.54, 1.807) is 0 Å². The fourth-order valence-corrected chi connectivity index (χ4v) is 2.24. The first kappa shape index (κ1) is 13.5. The maximum absolute atomic E-state index is 12.4. The van der Waals surface area contributed by atoms with E-state index in [1.807, 2.05) is 0 Å². The second-order valence-corrected chi connectivity index (χ2v) is 5.28. The van der Waals surface area contributed by atoms with Crippen molar-refractivity contribution in [2.45, 2.75) is 11.3 Å². The fourth-order valence-electron chi connectivity index (χ4n) is 1.05. The van der Waals surface area contributed by atoms with E-state index in [-0.39, 0.29) is 0 Å². The van der Waals surface area contributed by atoms with E-state index in [4.69, 9.17) is 16.4 Å². The predicted octanol–water partition coefficient (Wildman–Crippen LogP) is 1.44. The molecule has 7 nitrogen and oxygen atoms in total. The van der Waals surface area contributed by atoms with Gasteiger partial charge in [0.05, 0.1) is 11.3 Å². The van der Waals surface area contributed by atoms with Crippen LogP contribution in [-0.4, -0.2) is 18.3 Å². The highest BCUT2D eigenvalue weighted by molar-refractivity contribution is 8.14. The number of rotatable bonds is 3. The number of nitrogens with two attached hydrogens (primary N) is 1. The molecule has 94 valence electrons. The standard InChI is InChI=1S/C6H4ClF2N3O4S/c7-17(15,16)4-3(10)2(5(8)9)1-11-6(4)12(13)14/h1,5H,(H2,10,11). The number of nitro groups is 1. The Hall–Kier alpha value is -1.55. The van der Waals surface area contributed by atoms with Crippen molar-refractivity contribution >= 4 is 31.2 Å². The van der Waals surface area contributed by atoms with Gasteiger partial charge in [-0.3, -0.25) is 0 Å². The van der Waals surface area contributed by atoms with Crippen LogP contribution in [0.5, 0.6) is 0 Å². The quantitative estimate of drug-likeness (QED) is 0.511. The van der Waals surface area contributed by atoms with E-state index in [1.165, 1.54) is 0 Å².